The van der Waals surface area contributed by atoms with E-state index in [1.807, 2.05) is 0 Å². The summed E-state index contributed by atoms with van der Waals surface area (Å²) in [7, 11) is 0. The lowest BCUT2D eigenvalue weighted by Gasteiger charge is -2.18. The van der Waals surface area contributed by atoms with Gasteiger partial charge in [-0.2, -0.15) is 0 Å². The lowest BCUT2D eigenvalue weighted by molar-refractivity contribution is -0.137. The summed E-state index contributed by atoms with van der Waals surface area (Å²) < 4.78 is 25.7. The molecule has 2 rings (SSSR count). The molecule has 5 heteroatoms. The van der Waals surface area contributed by atoms with Crippen LogP contribution in [0.2, 0.25) is 5.02 Å². The number of carbonyl (C=O) groups is 1. The minimum absolute atomic E-state index is 0.104. The third-order valence-electron chi connectivity index (χ3n) is 3.16. The Morgan fingerprint density at radius 2 is 2.12 bits per heavy atom. The average Bonchev–Trinajstić information content (AvgIpc) is 2.97. The number of alkyl halides is 2. The van der Waals surface area contributed by atoms with E-state index in [1.54, 1.807) is 0 Å². The molecular weight excluding hydrogens is 250 g/mol. The van der Waals surface area contributed by atoms with Gasteiger partial charge in [0.25, 0.3) is 6.43 Å². The average molecular weight is 261 g/mol. The lowest BCUT2D eigenvalue weighted by Crippen LogP contribution is -2.15. The monoisotopic (exact) mass is 260 g/mol. The molecule has 0 spiro atoms. The largest absolute Gasteiger partial charge is 0.481 e. The first kappa shape index (κ1) is 12.3. The second kappa shape index (κ2) is 4.26. The summed E-state index contributed by atoms with van der Waals surface area (Å²) in [6, 6.07) is 4.16. The van der Waals surface area contributed by atoms with Gasteiger partial charge in [-0.3, -0.25) is 4.79 Å². The molecule has 1 aliphatic rings. The van der Waals surface area contributed by atoms with E-state index in [9.17, 15) is 13.6 Å². The van der Waals surface area contributed by atoms with Crippen LogP contribution in [0.25, 0.3) is 0 Å². The Morgan fingerprint density at radius 3 is 2.59 bits per heavy atom. The molecular formula is C12H11ClF2O2. The molecule has 1 fully saturated rings. The maximum absolute atomic E-state index is 12.9. The van der Waals surface area contributed by atoms with Crippen LogP contribution in [0.1, 0.15) is 36.8 Å². The first-order valence-electron chi connectivity index (χ1n) is 5.24. The maximum atomic E-state index is 12.9. The summed E-state index contributed by atoms with van der Waals surface area (Å²) in [5.74, 6) is -0.970. The summed E-state index contributed by atoms with van der Waals surface area (Å²) in [6.07, 6.45) is -1.47. The number of carboxylic acid groups (broad SMARTS) is 1. The SMILES string of the molecule is O=C(O)CC1(c2cc(Cl)ccc2C(F)F)CC1. The van der Waals surface area contributed by atoms with Crippen molar-refractivity contribution < 1.29 is 18.7 Å². The fraction of sp³-hybridized carbons (Fsp3) is 0.417. The zero-order valence-electron chi connectivity index (χ0n) is 8.92. The van der Waals surface area contributed by atoms with Gasteiger partial charge in [0.15, 0.2) is 0 Å². The van der Waals surface area contributed by atoms with Gasteiger partial charge < -0.3 is 5.11 Å². The maximum Gasteiger partial charge on any atom is 0.304 e. The zero-order chi connectivity index (χ0) is 12.6. The van der Waals surface area contributed by atoms with Crippen molar-refractivity contribution in [3.63, 3.8) is 0 Å². The summed E-state index contributed by atoms with van der Waals surface area (Å²) in [5.41, 5.74) is -0.349. The Labute approximate surface area is 102 Å². The van der Waals surface area contributed by atoms with Crippen LogP contribution in [0.5, 0.6) is 0 Å². The Bertz CT molecular complexity index is 456. The van der Waals surface area contributed by atoms with E-state index in [0.29, 0.717) is 23.4 Å². The van der Waals surface area contributed by atoms with Gasteiger partial charge in [-0.15, -0.1) is 0 Å². The van der Waals surface area contributed by atoms with Crippen LogP contribution >= 0.6 is 11.6 Å². The molecule has 2 nitrogen and oxygen atoms in total. The molecule has 1 N–H and O–H groups in total. The van der Waals surface area contributed by atoms with Crippen molar-refractivity contribution in [2.45, 2.75) is 31.1 Å². The second-order valence-electron chi connectivity index (χ2n) is 4.38. The van der Waals surface area contributed by atoms with Crippen molar-refractivity contribution >= 4 is 17.6 Å². The Hall–Kier alpha value is -1.16. The van der Waals surface area contributed by atoms with Crippen molar-refractivity contribution in [1.29, 1.82) is 0 Å². The first-order chi connectivity index (χ1) is 7.94. The standard InChI is InChI=1S/C12H11ClF2O2/c13-7-1-2-8(11(14)15)9(5-7)12(3-4-12)6-10(16)17/h1-2,5,11H,3-4,6H2,(H,16,17). The summed E-state index contributed by atoms with van der Waals surface area (Å²) in [4.78, 5) is 10.8. The third-order valence-corrected chi connectivity index (χ3v) is 3.40. The summed E-state index contributed by atoms with van der Waals surface area (Å²) >= 11 is 5.80. The number of hydrogen-bond donors (Lipinski definition) is 1. The highest BCUT2D eigenvalue weighted by Crippen LogP contribution is 2.53. The van der Waals surface area contributed by atoms with Crippen molar-refractivity contribution in [2.75, 3.05) is 0 Å². The fourth-order valence-electron chi connectivity index (χ4n) is 2.16. The van der Waals surface area contributed by atoms with Crippen LogP contribution in [-0.4, -0.2) is 11.1 Å². The van der Waals surface area contributed by atoms with Gasteiger partial charge in [-0.05, 0) is 30.5 Å². The molecule has 0 radical (unpaired) electrons. The Morgan fingerprint density at radius 1 is 1.47 bits per heavy atom. The highest BCUT2D eigenvalue weighted by molar-refractivity contribution is 6.30. The third kappa shape index (κ3) is 2.41. The number of benzene rings is 1. The number of aliphatic carboxylic acids is 1. The van der Waals surface area contributed by atoms with Gasteiger partial charge in [0, 0.05) is 16.0 Å². The van der Waals surface area contributed by atoms with Crippen LogP contribution in [0.15, 0.2) is 18.2 Å². The molecule has 92 valence electrons. The number of carboxylic acids is 1. The fourth-order valence-corrected chi connectivity index (χ4v) is 2.33. The van der Waals surface area contributed by atoms with Crippen LogP contribution in [-0.2, 0) is 10.2 Å². The molecule has 0 aromatic heterocycles. The van der Waals surface area contributed by atoms with Crippen molar-refractivity contribution in [2.24, 2.45) is 0 Å². The van der Waals surface area contributed by atoms with Crippen LogP contribution in [0.3, 0.4) is 0 Å². The van der Waals surface area contributed by atoms with E-state index >= 15 is 0 Å². The normalized spacial score (nSPS) is 17.2. The first-order valence-corrected chi connectivity index (χ1v) is 5.62. The van der Waals surface area contributed by atoms with Crippen LogP contribution < -0.4 is 0 Å². The lowest BCUT2D eigenvalue weighted by atomic mass is 9.88. The summed E-state index contributed by atoms with van der Waals surface area (Å²) in [5, 5.41) is 9.19. The smallest absolute Gasteiger partial charge is 0.304 e. The number of hydrogen-bond acceptors (Lipinski definition) is 1. The van der Waals surface area contributed by atoms with E-state index in [2.05, 4.69) is 0 Å². The minimum Gasteiger partial charge on any atom is -0.481 e. The van der Waals surface area contributed by atoms with E-state index in [-0.39, 0.29) is 12.0 Å². The van der Waals surface area contributed by atoms with Gasteiger partial charge in [-0.25, -0.2) is 8.78 Å². The van der Waals surface area contributed by atoms with Crippen molar-refractivity contribution in [3.8, 4) is 0 Å². The molecule has 0 bridgehead atoms. The molecule has 1 aliphatic carbocycles. The van der Waals surface area contributed by atoms with E-state index in [1.165, 1.54) is 18.2 Å². The van der Waals surface area contributed by atoms with Gasteiger partial charge >= 0.3 is 5.97 Å². The predicted molar refractivity (Wildman–Crippen MR) is 59.6 cm³/mol. The van der Waals surface area contributed by atoms with E-state index < -0.39 is 17.8 Å². The minimum atomic E-state index is -2.60. The van der Waals surface area contributed by atoms with Crippen LogP contribution in [0, 0.1) is 0 Å². The predicted octanol–water partition coefficient (Wildman–Crippen LogP) is 3.78. The van der Waals surface area contributed by atoms with E-state index in [4.69, 9.17) is 16.7 Å². The second-order valence-corrected chi connectivity index (χ2v) is 4.82. The number of halogens is 3. The Kier molecular flexibility index (Phi) is 3.08. The molecule has 0 amide bonds. The van der Waals surface area contributed by atoms with Crippen molar-refractivity contribution in [1.82, 2.24) is 0 Å². The van der Waals surface area contributed by atoms with Gasteiger partial charge in [0.05, 0.1) is 6.42 Å². The number of rotatable bonds is 4. The van der Waals surface area contributed by atoms with Gasteiger partial charge in [0.1, 0.15) is 0 Å². The molecule has 1 aromatic rings. The quantitative estimate of drug-likeness (QED) is 0.894. The van der Waals surface area contributed by atoms with Gasteiger partial charge in [0.2, 0.25) is 0 Å². The van der Waals surface area contributed by atoms with Gasteiger partial charge in [-0.1, -0.05) is 17.7 Å². The molecule has 1 saturated carbocycles. The molecule has 17 heavy (non-hydrogen) atoms. The zero-order valence-corrected chi connectivity index (χ0v) is 9.68. The van der Waals surface area contributed by atoms with Crippen molar-refractivity contribution in [3.05, 3.63) is 34.3 Å². The summed E-state index contributed by atoms with van der Waals surface area (Å²) in [6.45, 7) is 0. The molecule has 1 aromatic carbocycles. The molecule has 0 heterocycles. The molecule has 0 unspecified atom stereocenters. The topological polar surface area (TPSA) is 37.3 Å². The van der Waals surface area contributed by atoms with E-state index in [0.717, 1.165) is 0 Å². The van der Waals surface area contributed by atoms with Crippen LogP contribution in [0.4, 0.5) is 8.78 Å². The molecule has 0 atom stereocenters. The molecule has 0 aliphatic heterocycles. The highest BCUT2D eigenvalue weighted by Gasteiger charge is 2.48. The highest BCUT2D eigenvalue weighted by atomic mass is 35.5. The Balaban J connectivity index is 2.43. The molecule has 0 saturated heterocycles.